The maximum atomic E-state index is 12.9. The van der Waals surface area contributed by atoms with Gasteiger partial charge in [0, 0.05) is 11.8 Å². The Morgan fingerprint density at radius 2 is 1.97 bits per heavy atom. The van der Waals surface area contributed by atoms with Crippen molar-refractivity contribution in [3.05, 3.63) is 94.3 Å². The van der Waals surface area contributed by atoms with Crippen molar-refractivity contribution in [2.45, 2.75) is 50.2 Å². The molecular weight excluding hydrogens is 438 g/mol. The lowest BCUT2D eigenvalue weighted by Crippen LogP contribution is -2.33. The summed E-state index contributed by atoms with van der Waals surface area (Å²) in [6.45, 7) is 3.00. The number of aromatic nitrogens is 1. The van der Waals surface area contributed by atoms with E-state index in [4.69, 9.17) is 9.47 Å². The summed E-state index contributed by atoms with van der Waals surface area (Å²) < 4.78 is 10.9. The molecule has 0 spiro atoms. The first-order chi connectivity index (χ1) is 17.0. The van der Waals surface area contributed by atoms with Gasteiger partial charge in [-0.15, -0.1) is 0 Å². The number of benzene rings is 2. The molecule has 1 N–H and O–H groups in total. The molecule has 1 aliphatic carbocycles. The second-order valence-corrected chi connectivity index (χ2v) is 9.71. The average Bonchev–Trinajstić information content (AvgIpc) is 2.87. The van der Waals surface area contributed by atoms with E-state index in [-0.39, 0.29) is 5.91 Å². The Hall–Kier alpha value is -3.69. The quantitative estimate of drug-likeness (QED) is 0.552. The molecule has 1 aromatic heterocycles. The van der Waals surface area contributed by atoms with E-state index < -0.39 is 5.41 Å². The normalized spacial score (nSPS) is 22.9. The maximum Gasteiger partial charge on any atom is 0.251 e. The van der Waals surface area contributed by atoms with Gasteiger partial charge in [-0.05, 0) is 90.3 Å². The molecule has 2 heterocycles. The van der Waals surface area contributed by atoms with Crippen LogP contribution in [-0.4, -0.2) is 24.6 Å². The first kappa shape index (κ1) is 23.1. The third-order valence-corrected chi connectivity index (χ3v) is 7.31. The molecule has 6 nitrogen and oxygen atoms in total. The van der Waals surface area contributed by atoms with Crippen molar-refractivity contribution >= 4 is 5.91 Å². The number of pyridine rings is 1. The van der Waals surface area contributed by atoms with Gasteiger partial charge in [-0.1, -0.05) is 18.2 Å². The number of nitrogens with one attached hydrogen (secondary N) is 1. The summed E-state index contributed by atoms with van der Waals surface area (Å²) >= 11 is 0. The number of carbonyl (C=O) groups is 1. The Morgan fingerprint density at radius 1 is 1.17 bits per heavy atom. The maximum absolute atomic E-state index is 12.9. The number of hydrogen-bond acceptors (Lipinski definition) is 5. The fourth-order valence-corrected chi connectivity index (χ4v) is 5.07. The van der Waals surface area contributed by atoms with Gasteiger partial charge >= 0.3 is 0 Å². The van der Waals surface area contributed by atoms with Gasteiger partial charge in [0.1, 0.15) is 11.2 Å². The van der Waals surface area contributed by atoms with E-state index in [9.17, 15) is 10.1 Å². The van der Waals surface area contributed by atoms with Gasteiger partial charge in [-0.2, -0.15) is 5.26 Å². The molecule has 0 saturated heterocycles. The van der Waals surface area contributed by atoms with E-state index in [2.05, 4.69) is 40.6 Å². The zero-order chi connectivity index (χ0) is 24.4. The number of amides is 1. The lowest BCUT2D eigenvalue weighted by Gasteiger charge is -2.36. The molecule has 1 atom stereocenters. The Bertz CT molecular complexity index is 1290. The zero-order valence-corrected chi connectivity index (χ0v) is 20.1. The van der Waals surface area contributed by atoms with Gasteiger partial charge in [0.15, 0.2) is 0 Å². The predicted molar refractivity (Wildman–Crippen MR) is 132 cm³/mol. The molecule has 2 aliphatic rings. The third-order valence-electron chi connectivity index (χ3n) is 7.31. The van der Waals surface area contributed by atoms with Crippen LogP contribution < -0.4 is 10.1 Å². The van der Waals surface area contributed by atoms with Gasteiger partial charge in [0.25, 0.3) is 5.91 Å². The number of carbonyl (C=O) groups excluding carboxylic acids is 1. The number of ether oxygens (including phenoxy) is 2. The SMILES string of the molecule is COc1cccc(C2CC(c3ccnc(CNC(=O)c4ccc5c(c4)C(C)(C#N)COC5)c3)C2)c1. The van der Waals surface area contributed by atoms with Crippen LogP contribution in [0.3, 0.4) is 0 Å². The van der Waals surface area contributed by atoms with Crippen molar-refractivity contribution in [2.75, 3.05) is 13.7 Å². The number of fused-ring (bicyclic) bond motifs is 1. The van der Waals surface area contributed by atoms with Crippen molar-refractivity contribution in [3.63, 3.8) is 0 Å². The molecule has 1 amide bonds. The molecule has 35 heavy (non-hydrogen) atoms. The third kappa shape index (κ3) is 4.65. The highest BCUT2D eigenvalue weighted by Crippen LogP contribution is 2.48. The Morgan fingerprint density at radius 3 is 2.74 bits per heavy atom. The van der Waals surface area contributed by atoms with E-state index in [1.165, 1.54) is 11.1 Å². The van der Waals surface area contributed by atoms with E-state index >= 15 is 0 Å². The first-order valence-electron chi connectivity index (χ1n) is 12.0. The Kier molecular flexibility index (Phi) is 6.27. The summed E-state index contributed by atoms with van der Waals surface area (Å²) in [5.41, 5.74) is 5.06. The molecule has 1 aliphatic heterocycles. The lowest BCUT2D eigenvalue weighted by atomic mass is 9.68. The lowest BCUT2D eigenvalue weighted by molar-refractivity contribution is 0.0757. The van der Waals surface area contributed by atoms with Crippen LogP contribution in [0.1, 0.15) is 69.9 Å². The van der Waals surface area contributed by atoms with Gasteiger partial charge in [0.2, 0.25) is 0 Å². The number of hydrogen-bond donors (Lipinski definition) is 1. The van der Waals surface area contributed by atoms with Crippen LogP contribution in [0.15, 0.2) is 60.8 Å². The molecule has 6 heteroatoms. The molecule has 3 aromatic rings. The van der Waals surface area contributed by atoms with E-state index in [0.29, 0.717) is 37.2 Å². The molecule has 1 unspecified atom stereocenters. The smallest absolute Gasteiger partial charge is 0.251 e. The Balaban J connectivity index is 1.21. The molecule has 1 fully saturated rings. The highest BCUT2D eigenvalue weighted by atomic mass is 16.5. The fourth-order valence-electron chi connectivity index (χ4n) is 5.07. The number of nitriles is 1. The molecule has 0 bridgehead atoms. The highest BCUT2D eigenvalue weighted by molar-refractivity contribution is 5.94. The predicted octanol–water partition coefficient (Wildman–Crippen LogP) is 4.99. The largest absolute Gasteiger partial charge is 0.497 e. The van der Waals surface area contributed by atoms with Gasteiger partial charge in [-0.25, -0.2) is 0 Å². The standard InChI is InChI=1S/C29H29N3O3/c1-29(17-30)18-35-16-22-7-6-21(14-27(22)29)28(33)32-15-25-12-20(8-9-31-25)24-10-23(11-24)19-4-3-5-26(13-19)34-2/h3-9,12-14,23-24H,10-11,15-16,18H2,1-2H3,(H,32,33). The van der Waals surface area contributed by atoms with Gasteiger partial charge in [0.05, 0.1) is 38.6 Å². The summed E-state index contributed by atoms with van der Waals surface area (Å²) in [4.78, 5) is 17.3. The number of methoxy groups -OCH3 is 1. The minimum Gasteiger partial charge on any atom is -0.497 e. The molecule has 5 rings (SSSR count). The van der Waals surface area contributed by atoms with Crippen molar-refractivity contribution < 1.29 is 14.3 Å². The van der Waals surface area contributed by atoms with Crippen LogP contribution in [0.5, 0.6) is 5.75 Å². The zero-order valence-electron chi connectivity index (χ0n) is 20.1. The summed E-state index contributed by atoms with van der Waals surface area (Å²) in [7, 11) is 1.70. The van der Waals surface area contributed by atoms with Crippen molar-refractivity contribution in [1.29, 1.82) is 5.26 Å². The summed E-state index contributed by atoms with van der Waals surface area (Å²) in [5.74, 6) is 1.76. The minimum absolute atomic E-state index is 0.173. The van der Waals surface area contributed by atoms with E-state index in [1.54, 1.807) is 13.2 Å². The second kappa shape index (κ2) is 9.52. The second-order valence-electron chi connectivity index (χ2n) is 9.71. The molecule has 2 aromatic carbocycles. The summed E-state index contributed by atoms with van der Waals surface area (Å²) in [6, 6.07) is 20.3. The van der Waals surface area contributed by atoms with Crippen molar-refractivity contribution in [3.8, 4) is 11.8 Å². The fraction of sp³-hybridized carbons (Fsp3) is 0.345. The van der Waals surface area contributed by atoms with E-state index in [1.807, 2.05) is 37.4 Å². The monoisotopic (exact) mass is 467 g/mol. The van der Waals surface area contributed by atoms with E-state index in [0.717, 1.165) is 35.4 Å². The van der Waals surface area contributed by atoms with Crippen LogP contribution in [0.25, 0.3) is 0 Å². The molecular formula is C29H29N3O3. The van der Waals surface area contributed by atoms with Crippen molar-refractivity contribution in [1.82, 2.24) is 10.3 Å². The molecule has 1 saturated carbocycles. The van der Waals surface area contributed by atoms with Gasteiger partial charge in [-0.3, -0.25) is 9.78 Å². The van der Waals surface area contributed by atoms with Crippen LogP contribution in [0.2, 0.25) is 0 Å². The van der Waals surface area contributed by atoms with Crippen LogP contribution in [0, 0.1) is 11.3 Å². The van der Waals surface area contributed by atoms with Gasteiger partial charge < -0.3 is 14.8 Å². The first-order valence-corrected chi connectivity index (χ1v) is 12.0. The van der Waals surface area contributed by atoms with Crippen LogP contribution in [0.4, 0.5) is 0 Å². The summed E-state index contributed by atoms with van der Waals surface area (Å²) in [5, 5.41) is 12.6. The Labute approximate surface area is 205 Å². The topological polar surface area (TPSA) is 84.2 Å². The molecule has 0 radical (unpaired) electrons. The highest BCUT2D eigenvalue weighted by Gasteiger charge is 2.34. The molecule has 178 valence electrons. The number of rotatable bonds is 6. The summed E-state index contributed by atoms with van der Waals surface area (Å²) in [6.07, 6.45) is 4.02. The van der Waals surface area contributed by atoms with Crippen molar-refractivity contribution in [2.24, 2.45) is 0 Å². The van der Waals surface area contributed by atoms with Crippen LogP contribution >= 0.6 is 0 Å². The van der Waals surface area contributed by atoms with Crippen LogP contribution in [-0.2, 0) is 23.3 Å². The number of nitrogens with zero attached hydrogens (tertiary/aromatic N) is 2. The minimum atomic E-state index is -0.745. The average molecular weight is 468 g/mol.